The van der Waals surface area contributed by atoms with Crippen molar-refractivity contribution in [3.63, 3.8) is 0 Å². The van der Waals surface area contributed by atoms with Crippen LogP contribution in [0.15, 0.2) is 35.4 Å². The van der Waals surface area contributed by atoms with E-state index in [0.717, 1.165) is 84.8 Å². The Balaban J connectivity index is 1.64. The fourth-order valence-corrected chi connectivity index (χ4v) is 6.14. The maximum absolute atomic E-state index is 13.7. The number of anilines is 1. The molecule has 0 atom stereocenters. The van der Waals surface area contributed by atoms with Gasteiger partial charge in [0.15, 0.2) is 0 Å². The van der Waals surface area contributed by atoms with Crippen LogP contribution >= 0.6 is 0 Å². The third-order valence-corrected chi connectivity index (χ3v) is 8.65. The first-order valence-corrected chi connectivity index (χ1v) is 15.0. The molecular formula is C33H46N6O3. The Hall–Kier alpha value is -3.56. The molecule has 1 fully saturated rings. The van der Waals surface area contributed by atoms with Crippen LogP contribution in [0.4, 0.5) is 5.69 Å². The number of aryl methyl sites for hydroxylation is 3. The molecule has 42 heavy (non-hydrogen) atoms. The van der Waals surface area contributed by atoms with Crippen LogP contribution in [-0.4, -0.2) is 71.7 Å². The zero-order valence-electron chi connectivity index (χ0n) is 26.2. The average Bonchev–Trinajstić information content (AvgIpc) is 2.97. The number of pyridine rings is 1. The second kappa shape index (κ2) is 14.1. The van der Waals surface area contributed by atoms with Crippen LogP contribution in [0.1, 0.15) is 71.0 Å². The van der Waals surface area contributed by atoms with Crippen LogP contribution in [-0.2, 0) is 11.3 Å². The smallest absolute Gasteiger partial charge is 0.253 e. The van der Waals surface area contributed by atoms with E-state index < -0.39 is 0 Å². The Morgan fingerprint density at radius 1 is 1.05 bits per heavy atom. The van der Waals surface area contributed by atoms with Crippen LogP contribution in [0.5, 0.6) is 0 Å². The Labute approximate surface area is 249 Å². The van der Waals surface area contributed by atoms with Gasteiger partial charge in [-0.15, -0.1) is 0 Å². The van der Waals surface area contributed by atoms with Gasteiger partial charge in [0.05, 0.1) is 24.2 Å². The van der Waals surface area contributed by atoms with Crippen molar-refractivity contribution in [1.29, 1.82) is 0 Å². The highest BCUT2D eigenvalue weighted by atomic mass is 16.5. The molecule has 4 rings (SSSR count). The molecule has 9 heteroatoms. The van der Waals surface area contributed by atoms with E-state index in [2.05, 4.69) is 50.1 Å². The van der Waals surface area contributed by atoms with Crippen molar-refractivity contribution in [3.05, 3.63) is 74.6 Å². The molecule has 2 heterocycles. The second-order valence-corrected chi connectivity index (χ2v) is 11.6. The van der Waals surface area contributed by atoms with Crippen molar-refractivity contribution in [1.82, 2.24) is 25.2 Å². The summed E-state index contributed by atoms with van der Waals surface area (Å²) in [5.74, 6) is -0.213. The zero-order chi connectivity index (χ0) is 30.4. The van der Waals surface area contributed by atoms with Gasteiger partial charge in [-0.1, -0.05) is 0 Å². The van der Waals surface area contributed by atoms with E-state index in [0.29, 0.717) is 23.2 Å². The first kappa shape index (κ1) is 31.4. The molecule has 1 aromatic carbocycles. The lowest BCUT2D eigenvalue weighted by atomic mass is 9.88. The van der Waals surface area contributed by atoms with Gasteiger partial charge in [-0.2, -0.15) is 0 Å². The number of benzene rings is 1. The molecule has 1 amide bonds. The third kappa shape index (κ3) is 7.25. The van der Waals surface area contributed by atoms with Gasteiger partial charge in [-0.25, -0.2) is 0 Å². The van der Waals surface area contributed by atoms with Crippen molar-refractivity contribution < 1.29 is 9.53 Å². The lowest BCUT2D eigenvalue weighted by molar-refractivity contribution is 0.0950. The molecule has 9 nitrogen and oxygen atoms in total. The van der Waals surface area contributed by atoms with Gasteiger partial charge >= 0.3 is 0 Å². The van der Waals surface area contributed by atoms with Crippen molar-refractivity contribution >= 4 is 11.6 Å². The zero-order valence-corrected chi connectivity index (χ0v) is 26.2. The number of hydrogen-bond acceptors (Lipinski definition) is 7. The van der Waals surface area contributed by atoms with Crippen LogP contribution in [0.2, 0.25) is 0 Å². The highest BCUT2D eigenvalue weighted by molar-refractivity contribution is 5.98. The van der Waals surface area contributed by atoms with Crippen LogP contribution < -0.4 is 15.8 Å². The molecule has 0 radical (unpaired) electrons. The number of nitrogens with one attached hydrogen (secondary N) is 2. The summed E-state index contributed by atoms with van der Waals surface area (Å²) in [4.78, 5) is 43.1. The summed E-state index contributed by atoms with van der Waals surface area (Å²) in [6.07, 6.45) is 7.93. The third-order valence-electron chi connectivity index (χ3n) is 8.65. The molecule has 2 N–H and O–H groups in total. The van der Waals surface area contributed by atoms with Crippen molar-refractivity contribution in [3.8, 4) is 11.3 Å². The minimum Gasteiger partial charge on any atom is -0.383 e. The Bertz CT molecular complexity index is 1430. The number of aromatic amines is 1. The fraction of sp³-hybridized carbons (Fsp3) is 0.515. The van der Waals surface area contributed by atoms with E-state index in [1.807, 2.05) is 39.8 Å². The van der Waals surface area contributed by atoms with Gasteiger partial charge in [-0.3, -0.25) is 19.6 Å². The fourth-order valence-electron chi connectivity index (χ4n) is 6.14. The van der Waals surface area contributed by atoms with Gasteiger partial charge in [0.2, 0.25) is 0 Å². The topological polar surface area (TPSA) is 103 Å². The summed E-state index contributed by atoms with van der Waals surface area (Å²) < 4.78 is 5.29. The standard InChI is InChI=1S/C33H46N6O3/c1-8-39(27-11-9-26(10-12-27)38(6)13-14-42-7)31-17-25(30-20-34-23(4)18-35-30)16-28(24(31)5)32(40)36-19-29-21(2)15-22(3)37-33(29)41/h15-18,20,26-27H,8-14,19H2,1-7H3,(H,36,40)(H,37,41)/t26-,27-. The van der Waals surface area contributed by atoms with Gasteiger partial charge in [0.1, 0.15) is 0 Å². The molecular weight excluding hydrogens is 528 g/mol. The van der Waals surface area contributed by atoms with E-state index in [-0.39, 0.29) is 18.0 Å². The monoisotopic (exact) mass is 574 g/mol. The predicted molar refractivity (Wildman–Crippen MR) is 168 cm³/mol. The lowest BCUT2D eigenvalue weighted by Gasteiger charge is -2.41. The number of carbonyl (C=O) groups is 1. The minimum absolute atomic E-state index is 0.154. The SMILES string of the molecule is CCN(c1cc(-c2cnc(C)cn2)cc(C(=O)NCc2c(C)cc(C)[nH]c2=O)c1C)[C@H]1CC[C@H](N(C)CCOC)CC1. The van der Waals surface area contributed by atoms with Gasteiger partial charge in [-0.05, 0) is 96.7 Å². The average molecular weight is 575 g/mol. The first-order valence-electron chi connectivity index (χ1n) is 15.0. The largest absolute Gasteiger partial charge is 0.383 e. The molecule has 3 aromatic rings. The summed E-state index contributed by atoms with van der Waals surface area (Å²) in [7, 11) is 3.94. The molecule has 1 saturated carbocycles. The molecule has 1 aliphatic carbocycles. The summed E-state index contributed by atoms with van der Waals surface area (Å²) in [5, 5.41) is 3.01. The minimum atomic E-state index is -0.213. The number of ether oxygens (including phenoxy) is 1. The van der Waals surface area contributed by atoms with Crippen molar-refractivity contribution in [2.75, 3.05) is 38.8 Å². The highest BCUT2D eigenvalue weighted by Gasteiger charge is 2.29. The predicted octanol–water partition coefficient (Wildman–Crippen LogP) is 4.71. The molecule has 0 saturated heterocycles. The normalized spacial score (nSPS) is 17.0. The number of hydrogen-bond donors (Lipinski definition) is 2. The van der Waals surface area contributed by atoms with Crippen LogP contribution in [0.25, 0.3) is 11.3 Å². The first-order chi connectivity index (χ1) is 20.1. The maximum Gasteiger partial charge on any atom is 0.253 e. The molecule has 1 aliphatic rings. The number of rotatable bonds is 11. The van der Waals surface area contributed by atoms with E-state index in [1.165, 1.54) is 0 Å². The second-order valence-electron chi connectivity index (χ2n) is 11.6. The molecule has 0 spiro atoms. The van der Waals surface area contributed by atoms with E-state index in [9.17, 15) is 9.59 Å². The lowest BCUT2D eigenvalue weighted by Crippen LogP contribution is -2.44. The number of nitrogens with zero attached hydrogens (tertiary/aromatic N) is 4. The summed E-state index contributed by atoms with van der Waals surface area (Å²) in [5.41, 5.74) is 7.01. The molecule has 0 bridgehead atoms. The highest BCUT2D eigenvalue weighted by Crippen LogP contribution is 2.35. The Morgan fingerprint density at radius 2 is 1.76 bits per heavy atom. The number of H-pyrrole nitrogens is 1. The van der Waals surface area contributed by atoms with Gasteiger partial charge in [0.25, 0.3) is 11.5 Å². The number of amides is 1. The maximum atomic E-state index is 13.7. The molecule has 2 aromatic heterocycles. The van der Waals surface area contributed by atoms with Gasteiger partial charge < -0.3 is 24.8 Å². The van der Waals surface area contributed by atoms with Gasteiger partial charge in [0, 0.05) is 73.1 Å². The summed E-state index contributed by atoms with van der Waals surface area (Å²) >= 11 is 0. The van der Waals surface area contributed by atoms with E-state index in [1.54, 1.807) is 19.5 Å². The molecule has 0 unspecified atom stereocenters. The Kier molecular flexibility index (Phi) is 10.5. The van der Waals surface area contributed by atoms with E-state index in [4.69, 9.17) is 4.74 Å². The Morgan fingerprint density at radius 3 is 2.38 bits per heavy atom. The number of methoxy groups -OCH3 is 1. The number of aromatic nitrogens is 3. The van der Waals surface area contributed by atoms with Crippen molar-refractivity contribution in [2.45, 2.75) is 78.9 Å². The quantitative estimate of drug-likeness (QED) is 0.342. The number of likely N-dealkylation sites (N-methyl/N-ethyl adjacent to an activating group) is 1. The van der Waals surface area contributed by atoms with Crippen LogP contribution in [0, 0.1) is 27.7 Å². The molecule has 226 valence electrons. The van der Waals surface area contributed by atoms with E-state index >= 15 is 0 Å². The summed E-state index contributed by atoms with van der Waals surface area (Å²) in [6, 6.07) is 6.91. The molecule has 0 aliphatic heterocycles. The summed E-state index contributed by atoms with van der Waals surface area (Å²) in [6.45, 7) is 12.5. The number of carbonyl (C=O) groups excluding carboxylic acids is 1. The van der Waals surface area contributed by atoms with Crippen molar-refractivity contribution in [2.24, 2.45) is 0 Å². The van der Waals surface area contributed by atoms with Crippen LogP contribution in [0.3, 0.4) is 0 Å².